The van der Waals surface area contributed by atoms with Gasteiger partial charge in [0, 0.05) is 55.9 Å². The molecule has 0 spiro atoms. The lowest BCUT2D eigenvalue weighted by Gasteiger charge is -2.37. The number of likely N-dealkylation sites (N-methyl/N-ethyl adjacent to an activating group) is 1. The molecule has 2 aliphatic heterocycles. The molecule has 0 saturated carbocycles. The van der Waals surface area contributed by atoms with Crippen LogP contribution in [0.1, 0.15) is 64.7 Å². The van der Waals surface area contributed by atoms with Gasteiger partial charge in [-0.2, -0.15) is 0 Å². The fourth-order valence-electron chi connectivity index (χ4n) is 4.93. The Morgan fingerprint density at radius 2 is 1.77 bits per heavy atom. The van der Waals surface area contributed by atoms with Crippen molar-refractivity contribution >= 4 is 41.7 Å². The van der Waals surface area contributed by atoms with Crippen molar-refractivity contribution in [2.24, 2.45) is 5.92 Å². The van der Waals surface area contributed by atoms with Crippen LogP contribution in [0, 0.1) is 5.92 Å². The smallest absolute Gasteiger partial charge is 0.242 e. The predicted molar refractivity (Wildman–Crippen MR) is 192 cm³/mol. The molecule has 2 N–H and O–H groups in total. The normalized spacial score (nSPS) is 18.4. The van der Waals surface area contributed by atoms with Crippen molar-refractivity contribution in [3.63, 3.8) is 0 Å². The Morgan fingerprint density at radius 1 is 1.14 bits per heavy atom. The van der Waals surface area contributed by atoms with Crippen molar-refractivity contribution in [3.8, 4) is 0 Å². The minimum atomic E-state index is 0.220. The molecule has 2 aliphatic rings. The van der Waals surface area contributed by atoms with Crippen molar-refractivity contribution in [3.05, 3.63) is 52.1 Å². The number of thiophene rings is 1. The first-order chi connectivity index (χ1) is 21.1. The molecule has 10 heteroatoms. The minimum Gasteiger partial charge on any atom is -0.372 e. The molecule has 1 aromatic rings. The summed E-state index contributed by atoms with van der Waals surface area (Å²) in [4.78, 5) is 31.1. The zero-order valence-corrected chi connectivity index (χ0v) is 30.2. The molecule has 8 nitrogen and oxygen atoms in total. The Bertz CT molecular complexity index is 969. The van der Waals surface area contributed by atoms with Crippen molar-refractivity contribution in [2.75, 3.05) is 73.5 Å². The molecule has 0 radical (unpaired) electrons. The second-order valence-corrected chi connectivity index (χ2v) is 13.1. The largest absolute Gasteiger partial charge is 0.372 e. The van der Waals surface area contributed by atoms with Crippen molar-refractivity contribution in [2.45, 2.75) is 65.8 Å². The van der Waals surface area contributed by atoms with Crippen LogP contribution in [0.4, 0.5) is 0 Å². The summed E-state index contributed by atoms with van der Waals surface area (Å²) >= 11 is 7.27. The highest BCUT2D eigenvalue weighted by molar-refractivity contribution is 7.16. The summed E-state index contributed by atoms with van der Waals surface area (Å²) in [5.74, 6) is 1.67. The Hall–Kier alpha value is -2.33. The van der Waals surface area contributed by atoms with E-state index in [2.05, 4.69) is 78.3 Å². The van der Waals surface area contributed by atoms with Crippen LogP contribution in [0.25, 0.3) is 6.08 Å². The molecule has 0 aromatic carbocycles. The van der Waals surface area contributed by atoms with Gasteiger partial charge in [0.1, 0.15) is 6.79 Å². The number of halogens is 1. The first kappa shape index (κ1) is 41.7. The Labute approximate surface area is 278 Å². The maximum absolute atomic E-state index is 13.1. The van der Waals surface area contributed by atoms with E-state index in [9.17, 15) is 4.79 Å². The summed E-state index contributed by atoms with van der Waals surface area (Å²) in [5.41, 5.74) is 1.05. The number of allylic oxidation sites excluding steroid dienone is 1. The summed E-state index contributed by atoms with van der Waals surface area (Å²) in [6.07, 6.45) is 9.64. The van der Waals surface area contributed by atoms with E-state index in [1.165, 1.54) is 11.3 Å². The van der Waals surface area contributed by atoms with Gasteiger partial charge in [0.2, 0.25) is 5.91 Å². The number of likely N-dealkylation sites (tertiary alicyclic amines) is 1. The molecule has 1 aromatic heterocycles. The highest BCUT2D eigenvalue weighted by atomic mass is 35.5. The van der Waals surface area contributed by atoms with Crippen LogP contribution in [0.2, 0.25) is 4.34 Å². The van der Waals surface area contributed by atoms with Gasteiger partial charge < -0.3 is 35.0 Å². The van der Waals surface area contributed by atoms with Crippen LogP contribution >= 0.6 is 22.9 Å². The second-order valence-electron chi connectivity index (χ2n) is 11.3. The molecule has 3 rings (SSSR count). The quantitative estimate of drug-likeness (QED) is 0.283. The average Bonchev–Trinajstić information content (AvgIpc) is 3.29. The molecule has 252 valence electrons. The minimum absolute atomic E-state index is 0.220. The van der Waals surface area contributed by atoms with Crippen LogP contribution < -0.4 is 10.6 Å². The van der Waals surface area contributed by atoms with Crippen LogP contribution in [0.5, 0.6) is 0 Å². The van der Waals surface area contributed by atoms with Crippen molar-refractivity contribution < 1.29 is 9.59 Å². The SMILES string of the molecule is C/C=C/c1ccc(Cl)s1.C=C(NCCCN(C)C)N1CCN(C(=O)CN2CCC[C@H](NC)C2=C)CC(CC)C1.C=O.CCC. The molecule has 2 saturated heterocycles. The number of nitrogens with one attached hydrogen (secondary N) is 2. The van der Waals surface area contributed by atoms with E-state index in [-0.39, 0.29) is 11.9 Å². The molecule has 0 bridgehead atoms. The Kier molecular flexibility index (Phi) is 23.6. The number of hydrogen-bond donors (Lipinski definition) is 2. The fourth-order valence-corrected chi connectivity index (χ4v) is 5.96. The number of amides is 1. The van der Waals surface area contributed by atoms with Gasteiger partial charge in [0.05, 0.1) is 16.7 Å². The van der Waals surface area contributed by atoms with Crippen LogP contribution in [-0.2, 0) is 9.59 Å². The number of nitrogens with zero attached hydrogens (tertiary/aromatic N) is 4. The maximum Gasteiger partial charge on any atom is 0.242 e. The third-order valence-electron chi connectivity index (χ3n) is 7.35. The molecule has 44 heavy (non-hydrogen) atoms. The Morgan fingerprint density at radius 3 is 2.32 bits per heavy atom. The summed E-state index contributed by atoms with van der Waals surface area (Å²) < 4.78 is 0.850. The zero-order valence-electron chi connectivity index (χ0n) is 28.7. The number of hydrogen-bond acceptors (Lipinski definition) is 8. The lowest BCUT2D eigenvalue weighted by Crippen LogP contribution is -2.47. The zero-order chi connectivity index (χ0) is 33.5. The van der Waals surface area contributed by atoms with Crippen LogP contribution in [0.3, 0.4) is 0 Å². The molecule has 2 atom stereocenters. The van der Waals surface area contributed by atoms with Crippen LogP contribution in [-0.4, -0.2) is 112 Å². The summed E-state index contributed by atoms with van der Waals surface area (Å²) in [6.45, 7) is 25.7. The number of carbonyl (C=O) groups excluding carboxylic acids is 2. The number of carbonyl (C=O) groups is 2. The first-order valence-corrected chi connectivity index (χ1v) is 17.2. The topological polar surface area (TPSA) is 71.2 Å². The molecule has 2 fully saturated rings. The molecule has 1 unspecified atom stereocenters. The first-order valence-electron chi connectivity index (χ1n) is 16.0. The highest BCUT2D eigenvalue weighted by Gasteiger charge is 2.29. The van der Waals surface area contributed by atoms with Gasteiger partial charge in [0.25, 0.3) is 0 Å². The van der Waals surface area contributed by atoms with Crippen molar-refractivity contribution in [1.82, 2.24) is 30.2 Å². The van der Waals surface area contributed by atoms with Gasteiger partial charge in [-0.1, -0.05) is 58.0 Å². The van der Waals surface area contributed by atoms with Gasteiger partial charge in [-0.15, -0.1) is 11.3 Å². The third kappa shape index (κ3) is 16.7. The van der Waals surface area contributed by atoms with E-state index < -0.39 is 0 Å². The maximum atomic E-state index is 13.1. The molecule has 3 heterocycles. The number of rotatable bonds is 11. The second kappa shape index (κ2) is 24.9. The predicted octanol–water partition coefficient (Wildman–Crippen LogP) is 6.03. The van der Waals surface area contributed by atoms with Crippen LogP contribution in [0.15, 0.2) is 42.9 Å². The third-order valence-corrected chi connectivity index (χ3v) is 8.55. The summed E-state index contributed by atoms with van der Waals surface area (Å²) in [5, 5.41) is 6.80. The van der Waals surface area contributed by atoms with Gasteiger partial charge in [-0.05, 0) is 84.4 Å². The monoisotopic (exact) mass is 652 g/mol. The van der Waals surface area contributed by atoms with Crippen molar-refractivity contribution in [1.29, 1.82) is 0 Å². The van der Waals surface area contributed by atoms with Gasteiger partial charge in [-0.3, -0.25) is 4.79 Å². The van der Waals surface area contributed by atoms with E-state index in [4.69, 9.17) is 16.4 Å². The fraction of sp³-hybridized carbons (Fsp3) is 0.647. The number of piperidine rings is 1. The average molecular weight is 653 g/mol. The van der Waals surface area contributed by atoms with E-state index >= 15 is 0 Å². The van der Waals surface area contributed by atoms with E-state index in [1.807, 2.05) is 45.0 Å². The van der Waals surface area contributed by atoms with Gasteiger partial charge in [0.15, 0.2) is 0 Å². The highest BCUT2D eigenvalue weighted by Crippen LogP contribution is 2.22. The van der Waals surface area contributed by atoms with Gasteiger partial charge >= 0.3 is 0 Å². The molecule has 1 amide bonds. The van der Waals surface area contributed by atoms with E-state index in [0.29, 0.717) is 12.5 Å². The standard InChI is InChI=1S/C23H44N6O.C7H7ClS.C3H8.CH2O/c1-7-21-16-28(20(3)25-11-9-12-26(5)6)14-15-29(17-21)23(30)18-27-13-8-10-22(24-4)19(27)2;1-2-3-6-4-5-7(8)9-6;1-3-2;1-2/h21-22,24-25H,2-3,7-18H2,1,4-6H3;2-5H,1H3;3H2,1-2H3;1H2/b;3-2+;;/t21?,22-;;;/m0.../s1. The van der Waals surface area contributed by atoms with E-state index in [0.717, 1.165) is 87.4 Å². The summed E-state index contributed by atoms with van der Waals surface area (Å²) in [6, 6.07) is 4.20. The lowest BCUT2D eigenvalue weighted by molar-refractivity contribution is -0.132. The molecule has 0 aliphatic carbocycles. The van der Waals surface area contributed by atoms with E-state index in [1.54, 1.807) is 11.3 Å². The Balaban J connectivity index is 0.00000109. The molecular formula is C34H61ClN6O2S. The lowest BCUT2D eigenvalue weighted by atomic mass is 10.0. The summed E-state index contributed by atoms with van der Waals surface area (Å²) in [7, 11) is 6.16. The molecular weight excluding hydrogens is 592 g/mol. The van der Waals surface area contributed by atoms with Gasteiger partial charge in [-0.25, -0.2) is 0 Å².